The van der Waals surface area contributed by atoms with Crippen molar-refractivity contribution in [1.82, 2.24) is 0 Å². The van der Waals surface area contributed by atoms with Crippen molar-refractivity contribution in [1.29, 1.82) is 0 Å². The van der Waals surface area contributed by atoms with E-state index in [9.17, 15) is 5.11 Å². The highest BCUT2D eigenvalue weighted by atomic mass is 16.7. The van der Waals surface area contributed by atoms with Gasteiger partial charge in [-0.05, 0) is 26.3 Å². The predicted octanol–water partition coefficient (Wildman–Crippen LogP) is 2.90. The third-order valence-electron chi connectivity index (χ3n) is 3.60. The molecule has 100 valence electrons. The molecule has 18 heavy (non-hydrogen) atoms. The van der Waals surface area contributed by atoms with E-state index >= 15 is 0 Å². The smallest absolute Gasteiger partial charge is 0.163 e. The van der Waals surface area contributed by atoms with Gasteiger partial charge in [0.05, 0.1) is 12.2 Å². The van der Waals surface area contributed by atoms with Crippen LogP contribution in [-0.4, -0.2) is 23.1 Å². The number of aliphatic hydroxyl groups excluding tert-OH is 1. The highest BCUT2D eigenvalue weighted by molar-refractivity contribution is 5.19. The summed E-state index contributed by atoms with van der Waals surface area (Å²) < 4.78 is 11.7. The van der Waals surface area contributed by atoms with Gasteiger partial charge in [-0.2, -0.15) is 0 Å². The molecule has 0 aliphatic carbocycles. The second-order valence-electron chi connectivity index (χ2n) is 5.52. The topological polar surface area (TPSA) is 38.7 Å². The standard InChI is InChI=1S/C15H22O3/c1-10-11(2)17-15(3,4)18-14(10)13(16)12-8-6-5-7-9-12/h5-11,13-14,16H,1-4H3/t10-,11+,13+,14-/m1/s1. The third kappa shape index (κ3) is 2.74. The zero-order valence-electron chi connectivity index (χ0n) is 11.5. The molecule has 1 aliphatic rings. The van der Waals surface area contributed by atoms with Crippen molar-refractivity contribution >= 4 is 0 Å². The van der Waals surface area contributed by atoms with Crippen molar-refractivity contribution in [2.45, 2.75) is 51.8 Å². The van der Waals surface area contributed by atoms with E-state index in [1.165, 1.54) is 0 Å². The van der Waals surface area contributed by atoms with Crippen LogP contribution in [0.15, 0.2) is 30.3 Å². The van der Waals surface area contributed by atoms with E-state index in [0.717, 1.165) is 5.56 Å². The van der Waals surface area contributed by atoms with Gasteiger partial charge in [-0.1, -0.05) is 37.3 Å². The molecule has 0 amide bonds. The fourth-order valence-corrected chi connectivity index (χ4v) is 2.48. The summed E-state index contributed by atoms with van der Waals surface area (Å²) in [4.78, 5) is 0. The molecule has 0 unspecified atom stereocenters. The molecular weight excluding hydrogens is 228 g/mol. The molecule has 1 saturated heterocycles. The Labute approximate surface area is 109 Å². The molecule has 0 radical (unpaired) electrons. The van der Waals surface area contributed by atoms with Crippen LogP contribution in [0.4, 0.5) is 0 Å². The van der Waals surface area contributed by atoms with Crippen LogP contribution in [0.25, 0.3) is 0 Å². The van der Waals surface area contributed by atoms with Crippen molar-refractivity contribution in [2.24, 2.45) is 5.92 Å². The molecule has 4 atom stereocenters. The molecule has 0 bridgehead atoms. The van der Waals surface area contributed by atoms with Crippen molar-refractivity contribution in [3.8, 4) is 0 Å². The van der Waals surface area contributed by atoms with Gasteiger partial charge in [0.15, 0.2) is 5.79 Å². The second-order valence-corrected chi connectivity index (χ2v) is 5.52. The molecule has 2 rings (SSSR count). The van der Waals surface area contributed by atoms with E-state index in [1.807, 2.05) is 51.1 Å². The summed E-state index contributed by atoms with van der Waals surface area (Å²) in [5.41, 5.74) is 0.888. The monoisotopic (exact) mass is 250 g/mol. The fourth-order valence-electron chi connectivity index (χ4n) is 2.48. The lowest BCUT2D eigenvalue weighted by atomic mass is 9.89. The van der Waals surface area contributed by atoms with E-state index in [0.29, 0.717) is 0 Å². The van der Waals surface area contributed by atoms with Crippen LogP contribution in [0.3, 0.4) is 0 Å². The van der Waals surface area contributed by atoms with Gasteiger partial charge in [0.1, 0.15) is 6.10 Å². The van der Waals surface area contributed by atoms with E-state index < -0.39 is 11.9 Å². The first kappa shape index (κ1) is 13.5. The summed E-state index contributed by atoms with van der Waals surface area (Å²) in [7, 11) is 0. The Kier molecular flexibility index (Phi) is 3.76. The summed E-state index contributed by atoms with van der Waals surface area (Å²) in [6.07, 6.45) is -0.796. The molecular formula is C15H22O3. The van der Waals surface area contributed by atoms with Gasteiger partial charge in [0, 0.05) is 5.92 Å². The lowest BCUT2D eigenvalue weighted by Gasteiger charge is -2.45. The van der Waals surface area contributed by atoms with Gasteiger partial charge < -0.3 is 14.6 Å². The molecule has 1 N–H and O–H groups in total. The average Bonchev–Trinajstić information content (AvgIpc) is 2.33. The number of rotatable bonds is 2. The maximum atomic E-state index is 10.5. The van der Waals surface area contributed by atoms with E-state index in [1.54, 1.807) is 0 Å². The molecule has 0 saturated carbocycles. The molecule has 1 aromatic rings. The summed E-state index contributed by atoms with van der Waals surface area (Å²) in [6.45, 7) is 7.86. The van der Waals surface area contributed by atoms with Crippen molar-refractivity contribution in [3.63, 3.8) is 0 Å². The number of hydrogen-bond donors (Lipinski definition) is 1. The van der Waals surface area contributed by atoms with Crippen LogP contribution >= 0.6 is 0 Å². The Morgan fingerprint density at radius 3 is 2.33 bits per heavy atom. The number of hydrogen-bond acceptors (Lipinski definition) is 3. The molecule has 1 fully saturated rings. The van der Waals surface area contributed by atoms with Gasteiger partial charge in [0.25, 0.3) is 0 Å². The summed E-state index contributed by atoms with van der Waals surface area (Å²) in [6, 6.07) is 9.65. The molecule has 0 aromatic heterocycles. The van der Waals surface area contributed by atoms with Crippen molar-refractivity contribution in [3.05, 3.63) is 35.9 Å². The van der Waals surface area contributed by atoms with Crippen LogP contribution in [0.2, 0.25) is 0 Å². The first-order valence-corrected chi connectivity index (χ1v) is 6.49. The third-order valence-corrected chi connectivity index (χ3v) is 3.60. The predicted molar refractivity (Wildman–Crippen MR) is 70.1 cm³/mol. The number of benzene rings is 1. The highest BCUT2D eigenvalue weighted by Gasteiger charge is 2.42. The minimum atomic E-state index is -0.646. The van der Waals surface area contributed by atoms with E-state index in [4.69, 9.17) is 9.47 Å². The Hall–Kier alpha value is -0.900. The molecule has 0 spiro atoms. The Bertz CT molecular complexity index is 388. The van der Waals surface area contributed by atoms with Crippen LogP contribution in [0.5, 0.6) is 0 Å². The maximum absolute atomic E-state index is 10.5. The van der Waals surface area contributed by atoms with Crippen LogP contribution in [0, 0.1) is 5.92 Å². The zero-order valence-corrected chi connectivity index (χ0v) is 11.5. The minimum Gasteiger partial charge on any atom is -0.386 e. The lowest BCUT2D eigenvalue weighted by molar-refractivity contribution is -0.329. The normalized spacial score (nSPS) is 33.1. The van der Waals surface area contributed by atoms with Crippen molar-refractivity contribution < 1.29 is 14.6 Å². The van der Waals surface area contributed by atoms with Gasteiger partial charge in [-0.15, -0.1) is 0 Å². The Morgan fingerprint density at radius 2 is 1.72 bits per heavy atom. The molecule has 3 heteroatoms. The first-order chi connectivity index (χ1) is 8.41. The molecule has 1 aromatic carbocycles. The van der Waals surface area contributed by atoms with Gasteiger partial charge in [-0.25, -0.2) is 0 Å². The summed E-state index contributed by atoms with van der Waals surface area (Å²) >= 11 is 0. The highest BCUT2D eigenvalue weighted by Crippen LogP contribution is 2.36. The molecule has 1 heterocycles. The van der Waals surface area contributed by atoms with Gasteiger partial charge in [0.2, 0.25) is 0 Å². The summed E-state index contributed by atoms with van der Waals surface area (Å²) in [5, 5.41) is 10.5. The van der Waals surface area contributed by atoms with Gasteiger partial charge >= 0.3 is 0 Å². The second kappa shape index (κ2) is 5.00. The maximum Gasteiger partial charge on any atom is 0.163 e. The zero-order chi connectivity index (χ0) is 13.3. The van der Waals surface area contributed by atoms with E-state index in [2.05, 4.69) is 6.92 Å². The summed E-state index contributed by atoms with van der Waals surface area (Å²) in [5.74, 6) is -0.500. The Morgan fingerprint density at radius 1 is 1.11 bits per heavy atom. The molecule has 3 nitrogen and oxygen atoms in total. The fraction of sp³-hybridized carbons (Fsp3) is 0.600. The first-order valence-electron chi connectivity index (χ1n) is 6.49. The van der Waals surface area contributed by atoms with Crippen LogP contribution < -0.4 is 0 Å². The number of aliphatic hydroxyl groups is 1. The van der Waals surface area contributed by atoms with E-state index in [-0.39, 0.29) is 18.1 Å². The van der Waals surface area contributed by atoms with Crippen LogP contribution in [0.1, 0.15) is 39.4 Å². The average molecular weight is 250 g/mol. The number of ether oxygens (including phenoxy) is 2. The largest absolute Gasteiger partial charge is 0.386 e. The minimum absolute atomic E-state index is 0.0668. The van der Waals surface area contributed by atoms with Crippen molar-refractivity contribution in [2.75, 3.05) is 0 Å². The SMILES string of the molecule is C[C@H]1[C@H]([C@@H](O)c2ccccc2)OC(C)(C)O[C@H]1C. The quantitative estimate of drug-likeness (QED) is 0.877. The van der Waals surface area contributed by atoms with Gasteiger partial charge in [-0.3, -0.25) is 0 Å². The molecule has 1 aliphatic heterocycles. The lowest BCUT2D eigenvalue weighted by Crippen LogP contribution is -2.51. The van der Waals surface area contributed by atoms with Crippen LogP contribution in [-0.2, 0) is 9.47 Å². The Balaban J connectivity index is 2.20.